The van der Waals surface area contributed by atoms with Gasteiger partial charge in [-0.15, -0.1) is 0 Å². The second kappa shape index (κ2) is 10.2. The second-order valence-electron chi connectivity index (χ2n) is 4.23. The molecule has 120 valence electrons. The van der Waals surface area contributed by atoms with E-state index in [2.05, 4.69) is 17.9 Å². The van der Waals surface area contributed by atoms with Crippen LogP contribution >= 0.6 is 12.6 Å². The number of nitrogens with two attached hydrogens (primary N) is 1. The number of esters is 1. The fourth-order valence-electron chi connectivity index (χ4n) is 1.22. The van der Waals surface area contributed by atoms with Crippen LogP contribution in [0.25, 0.3) is 0 Å². The highest BCUT2D eigenvalue weighted by Crippen LogP contribution is 2.05. The Labute approximate surface area is 127 Å². The van der Waals surface area contributed by atoms with Crippen LogP contribution in [-0.4, -0.2) is 58.6 Å². The highest BCUT2D eigenvalue weighted by Gasteiger charge is 2.24. The summed E-state index contributed by atoms with van der Waals surface area (Å²) in [6, 6.07) is -1.22. The Morgan fingerprint density at radius 3 is 2.52 bits per heavy atom. The zero-order valence-corrected chi connectivity index (χ0v) is 12.5. The fourth-order valence-corrected chi connectivity index (χ4v) is 1.34. The molecule has 0 spiro atoms. The van der Waals surface area contributed by atoms with Gasteiger partial charge in [0.1, 0.15) is 18.7 Å². The lowest BCUT2D eigenvalue weighted by molar-refractivity contribution is -0.152. The minimum absolute atomic E-state index is 0.254. The minimum atomic E-state index is -1.22. The molecule has 3 unspecified atom stereocenters. The van der Waals surface area contributed by atoms with Gasteiger partial charge in [0, 0.05) is 5.75 Å². The first-order valence-electron chi connectivity index (χ1n) is 6.18. The van der Waals surface area contributed by atoms with Gasteiger partial charge in [-0.1, -0.05) is 6.08 Å². The van der Waals surface area contributed by atoms with E-state index in [0.717, 1.165) is 0 Å². The van der Waals surface area contributed by atoms with Crippen LogP contribution in [-0.2, 0) is 19.1 Å². The Kier molecular flexibility index (Phi) is 9.42. The Morgan fingerprint density at radius 1 is 1.43 bits per heavy atom. The van der Waals surface area contributed by atoms with Gasteiger partial charge < -0.3 is 26.0 Å². The molecular weight excluding hydrogens is 300 g/mol. The largest absolute Gasteiger partial charge is 0.480 e. The lowest BCUT2D eigenvalue weighted by Crippen LogP contribution is -2.43. The lowest BCUT2D eigenvalue weighted by Gasteiger charge is -2.18. The first-order valence-corrected chi connectivity index (χ1v) is 6.81. The van der Waals surface area contributed by atoms with Crippen LogP contribution in [0.1, 0.15) is 13.3 Å². The predicted octanol–water partition coefficient (Wildman–Crippen LogP) is -1.32. The number of thiol groups is 1. The number of carbonyl (C=O) groups excluding carboxylic acids is 2. The average Bonchev–Trinajstić information content (AvgIpc) is 2.41. The monoisotopic (exact) mass is 320 g/mol. The van der Waals surface area contributed by atoms with E-state index in [4.69, 9.17) is 15.6 Å². The molecule has 0 aliphatic carbocycles. The molecule has 0 saturated carbocycles. The number of amides is 1. The highest BCUT2D eigenvalue weighted by atomic mass is 32.1. The summed E-state index contributed by atoms with van der Waals surface area (Å²) < 4.78 is 5.00. The molecule has 1 amide bonds. The molecule has 9 heteroatoms. The van der Waals surface area contributed by atoms with Crippen molar-refractivity contribution in [1.82, 2.24) is 5.32 Å². The molecule has 3 atom stereocenters. The van der Waals surface area contributed by atoms with Gasteiger partial charge in [0.05, 0.1) is 12.5 Å². The first-order chi connectivity index (χ1) is 9.77. The summed E-state index contributed by atoms with van der Waals surface area (Å²) in [4.78, 5) is 33.5. The van der Waals surface area contributed by atoms with Crippen molar-refractivity contribution in [3.8, 4) is 0 Å². The Balaban J connectivity index is 4.58. The molecule has 0 aliphatic rings. The van der Waals surface area contributed by atoms with Gasteiger partial charge in [0.25, 0.3) is 0 Å². The Bertz CT molecular complexity index is 399. The number of aliphatic hydroxyl groups excluding tert-OH is 1. The van der Waals surface area contributed by atoms with Crippen molar-refractivity contribution in [2.24, 2.45) is 5.73 Å². The van der Waals surface area contributed by atoms with Crippen LogP contribution in [0, 0.1) is 0 Å². The van der Waals surface area contributed by atoms with Crippen LogP contribution in [0.3, 0.4) is 0 Å². The van der Waals surface area contributed by atoms with Gasteiger partial charge in [0.15, 0.2) is 0 Å². The SMILES string of the molecule is CC(O)C(N)C(=O)OC(/C=C/CS)CC(=O)NCC(=O)O. The summed E-state index contributed by atoms with van der Waals surface area (Å²) in [5.41, 5.74) is 5.42. The number of hydrogen-bond donors (Lipinski definition) is 5. The van der Waals surface area contributed by atoms with Crippen molar-refractivity contribution in [2.75, 3.05) is 12.3 Å². The zero-order valence-electron chi connectivity index (χ0n) is 11.6. The molecule has 0 aliphatic heterocycles. The predicted molar refractivity (Wildman–Crippen MR) is 77.8 cm³/mol. The van der Waals surface area contributed by atoms with E-state index >= 15 is 0 Å². The van der Waals surface area contributed by atoms with Gasteiger partial charge in [-0.05, 0) is 13.0 Å². The van der Waals surface area contributed by atoms with E-state index in [1.54, 1.807) is 6.08 Å². The van der Waals surface area contributed by atoms with Crippen LogP contribution in [0.2, 0.25) is 0 Å². The van der Waals surface area contributed by atoms with Crippen LogP contribution in [0.5, 0.6) is 0 Å². The number of carboxylic acid groups (broad SMARTS) is 1. The van der Waals surface area contributed by atoms with Crippen molar-refractivity contribution in [2.45, 2.75) is 31.6 Å². The van der Waals surface area contributed by atoms with E-state index in [-0.39, 0.29) is 6.42 Å². The Hall–Kier alpha value is -1.58. The molecule has 8 nitrogen and oxygen atoms in total. The molecular formula is C12H20N2O6S. The minimum Gasteiger partial charge on any atom is -0.480 e. The third kappa shape index (κ3) is 9.05. The molecule has 0 saturated heterocycles. The number of aliphatic carboxylic acids is 1. The molecule has 0 aromatic heterocycles. The standard InChI is InChI=1S/C12H20N2O6S/c1-7(15)11(13)12(19)20-8(3-2-4-21)5-9(16)14-6-10(17)18/h2-3,7-8,11,15,21H,4-6,13H2,1H3,(H,14,16)(H,17,18)/b3-2+. The molecule has 5 N–H and O–H groups in total. The van der Waals surface area contributed by atoms with E-state index in [9.17, 15) is 19.5 Å². The fraction of sp³-hybridized carbons (Fsp3) is 0.583. The van der Waals surface area contributed by atoms with Crippen LogP contribution < -0.4 is 11.1 Å². The first kappa shape index (κ1) is 19.4. The number of nitrogens with one attached hydrogen (secondary N) is 1. The topological polar surface area (TPSA) is 139 Å². The number of carbonyl (C=O) groups is 3. The van der Waals surface area contributed by atoms with Crippen molar-refractivity contribution >= 4 is 30.5 Å². The third-order valence-electron chi connectivity index (χ3n) is 2.34. The van der Waals surface area contributed by atoms with Gasteiger partial charge in [0.2, 0.25) is 5.91 Å². The maximum atomic E-state index is 11.6. The molecule has 21 heavy (non-hydrogen) atoms. The van der Waals surface area contributed by atoms with Crippen LogP contribution in [0.4, 0.5) is 0 Å². The number of carboxylic acids is 1. The van der Waals surface area contributed by atoms with Gasteiger partial charge in [-0.2, -0.15) is 12.6 Å². The number of ether oxygens (including phenoxy) is 1. The highest BCUT2D eigenvalue weighted by molar-refractivity contribution is 7.80. The molecule has 0 fully saturated rings. The molecule has 0 aromatic rings. The Morgan fingerprint density at radius 2 is 2.05 bits per heavy atom. The second-order valence-corrected chi connectivity index (χ2v) is 4.59. The van der Waals surface area contributed by atoms with Gasteiger partial charge in [-0.3, -0.25) is 14.4 Å². The molecule has 0 radical (unpaired) electrons. The summed E-state index contributed by atoms with van der Waals surface area (Å²) in [7, 11) is 0. The van der Waals surface area contributed by atoms with Gasteiger partial charge >= 0.3 is 11.9 Å². The average molecular weight is 320 g/mol. The van der Waals surface area contributed by atoms with Crippen molar-refractivity contribution in [1.29, 1.82) is 0 Å². The zero-order chi connectivity index (χ0) is 16.4. The van der Waals surface area contributed by atoms with E-state index in [1.165, 1.54) is 13.0 Å². The number of aliphatic hydroxyl groups is 1. The molecule has 0 bridgehead atoms. The van der Waals surface area contributed by atoms with E-state index in [1.807, 2.05) is 0 Å². The summed E-state index contributed by atoms with van der Waals surface area (Å²) in [5.74, 6) is -2.26. The number of rotatable bonds is 9. The van der Waals surface area contributed by atoms with Crippen LogP contribution in [0.15, 0.2) is 12.2 Å². The lowest BCUT2D eigenvalue weighted by atomic mass is 10.2. The van der Waals surface area contributed by atoms with Crippen molar-refractivity contribution in [3.05, 3.63) is 12.2 Å². The molecule has 0 rings (SSSR count). The third-order valence-corrected chi connectivity index (χ3v) is 2.55. The summed E-state index contributed by atoms with van der Waals surface area (Å²) in [6.45, 7) is 0.813. The molecule has 0 heterocycles. The summed E-state index contributed by atoms with van der Waals surface area (Å²) >= 11 is 3.95. The maximum Gasteiger partial charge on any atom is 0.326 e. The summed E-state index contributed by atoms with van der Waals surface area (Å²) in [6.07, 6.45) is 0.756. The summed E-state index contributed by atoms with van der Waals surface area (Å²) in [5, 5.41) is 19.8. The quantitative estimate of drug-likeness (QED) is 0.202. The van der Waals surface area contributed by atoms with Crippen molar-refractivity contribution in [3.63, 3.8) is 0 Å². The normalized spacial score (nSPS) is 15.2. The van der Waals surface area contributed by atoms with Crippen molar-refractivity contribution < 1.29 is 29.3 Å². The van der Waals surface area contributed by atoms with E-state index in [0.29, 0.717) is 5.75 Å². The molecule has 0 aromatic carbocycles. The van der Waals surface area contributed by atoms with E-state index < -0.39 is 42.6 Å². The maximum absolute atomic E-state index is 11.6. The smallest absolute Gasteiger partial charge is 0.326 e. The number of hydrogen-bond acceptors (Lipinski definition) is 7. The van der Waals surface area contributed by atoms with Gasteiger partial charge in [-0.25, -0.2) is 0 Å².